The van der Waals surface area contributed by atoms with Crippen molar-refractivity contribution in [3.8, 4) is 11.5 Å². The molecule has 1 amide bonds. The maximum atomic E-state index is 12.6. The number of hydrogen-bond donors (Lipinski definition) is 1. The fraction of sp³-hybridized carbons (Fsp3) is 0.167. The zero-order valence-electron chi connectivity index (χ0n) is 12.6. The number of rotatable bonds is 2. The van der Waals surface area contributed by atoms with E-state index in [0.29, 0.717) is 41.7 Å². The molecule has 5 nitrogen and oxygen atoms in total. The molecule has 4 rings (SSSR count). The van der Waals surface area contributed by atoms with Crippen LogP contribution in [0.15, 0.2) is 46.9 Å². The van der Waals surface area contributed by atoms with E-state index in [9.17, 15) is 4.79 Å². The molecule has 1 aliphatic rings. The Labute approximate surface area is 132 Å². The number of aryl methyl sites for hydroxylation is 1. The first-order valence-corrected chi connectivity index (χ1v) is 7.42. The van der Waals surface area contributed by atoms with Crippen molar-refractivity contribution in [1.82, 2.24) is 0 Å². The summed E-state index contributed by atoms with van der Waals surface area (Å²) in [6.45, 7) is 2.84. The molecule has 0 aliphatic carbocycles. The summed E-state index contributed by atoms with van der Waals surface area (Å²) in [4.78, 5) is 12.6. The molecular weight excluding hydrogens is 294 g/mol. The third-order valence-electron chi connectivity index (χ3n) is 3.86. The second kappa shape index (κ2) is 5.35. The third-order valence-corrected chi connectivity index (χ3v) is 3.86. The van der Waals surface area contributed by atoms with Gasteiger partial charge in [-0.1, -0.05) is 24.3 Å². The topological polar surface area (TPSA) is 60.7 Å². The van der Waals surface area contributed by atoms with Gasteiger partial charge >= 0.3 is 0 Å². The molecule has 0 bridgehead atoms. The van der Waals surface area contributed by atoms with Crippen molar-refractivity contribution in [2.45, 2.75) is 6.92 Å². The number of fused-ring (bicyclic) bond motifs is 2. The number of benzene rings is 2. The van der Waals surface area contributed by atoms with E-state index in [1.54, 1.807) is 6.07 Å². The first-order chi connectivity index (χ1) is 11.2. The Morgan fingerprint density at radius 1 is 1.04 bits per heavy atom. The van der Waals surface area contributed by atoms with Crippen LogP contribution in [0.5, 0.6) is 11.5 Å². The van der Waals surface area contributed by atoms with E-state index in [2.05, 4.69) is 5.32 Å². The number of hydrogen-bond acceptors (Lipinski definition) is 4. The maximum Gasteiger partial charge on any atom is 0.291 e. The van der Waals surface area contributed by atoms with Crippen LogP contribution in [0.2, 0.25) is 0 Å². The second-order valence-corrected chi connectivity index (χ2v) is 5.34. The number of ether oxygens (including phenoxy) is 2. The van der Waals surface area contributed by atoms with Gasteiger partial charge in [-0.15, -0.1) is 0 Å². The van der Waals surface area contributed by atoms with E-state index in [1.165, 1.54) is 0 Å². The Bertz CT molecular complexity index is 897. The van der Waals surface area contributed by atoms with E-state index >= 15 is 0 Å². The van der Waals surface area contributed by atoms with Crippen LogP contribution in [-0.2, 0) is 0 Å². The summed E-state index contributed by atoms with van der Waals surface area (Å²) in [7, 11) is 0. The molecule has 0 atom stereocenters. The Balaban J connectivity index is 1.69. The summed E-state index contributed by atoms with van der Waals surface area (Å²) in [5.41, 5.74) is 2.09. The molecular formula is C18H15NO4. The van der Waals surface area contributed by atoms with Crippen molar-refractivity contribution < 1.29 is 18.7 Å². The predicted octanol–water partition coefficient (Wildman–Crippen LogP) is 3.76. The molecule has 0 saturated heterocycles. The Hall–Kier alpha value is -2.95. The minimum atomic E-state index is -0.304. The van der Waals surface area contributed by atoms with Crippen molar-refractivity contribution >= 4 is 22.6 Å². The summed E-state index contributed by atoms with van der Waals surface area (Å²) in [5, 5.41) is 3.79. The van der Waals surface area contributed by atoms with Crippen LogP contribution in [0.3, 0.4) is 0 Å². The molecule has 5 heteroatoms. The lowest BCUT2D eigenvalue weighted by Gasteiger charge is -2.20. The van der Waals surface area contributed by atoms with Crippen LogP contribution in [0, 0.1) is 6.92 Å². The summed E-state index contributed by atoms with van der Waals surface area (Å²) in [6, 6.07) is 13.0. The van der Waals surface area contributed by atoms with Gasteiger partial charge in [-0.2, -0.15) is 0 Å². The van der Waals surface area contributed by atoms with Gasteiger partial charge in [0.05, 0.1) is 5.69 Å². The number of carbonyl (C=O) groups is 1. The molecule has 23 heavy (non-hydrogen) atoms. The molecule has 2 aromatic carbocycles. The number of carbonyl (C=O) groups excluding carboxylic acids is 1. The van der Waals surface area contributed by atoms with E-state index < -0.39 is 0 Å². The lowest BCUT2D eigenvalue weighted by atomic mass is 10.1. The third kappa shape index (κ3) is 2.30. The van der Waals surface area contributed by atoms with E-state index in [-0.39, 0.29) is 5.91 Å². The van der Waals surface area contributed by atoms with Gasteiger partial charge < -0.3 is 19.2 Å². The van der Waals surface area contributed by atoms with Gasteiger partial charge in [0.1, 0.15) is 18.8 Å². The average Bonchev–Trinajstić information content (AvgIpc) is 2.93. The van der Waals surface area contributed by atoms with Crippen LogP contribution in [-0.4, -0.2) is 19.1 Å². The monoisotopic (exact) mass is 309 g/mol. The Morgan fingerprint density at radius 3 is 2.74 bits per heavy atom. The van der Waals surface area contributed by atoms with Gasteiger partial charge in [0.15, 0.2) is 17.3 Å². The van der Waals surface area contributed by atoms with Crippen LogP contribution >= 0.6 is 0 Å². The van der Waals surface area contributed by atoms with Crippen molar-refractivity contribution in [1.29, 1.82) is 0 Å². The second-order valence-electron chi connectivity index (χ2n) is 5.34. The summed E-state index contributed by atoms with van der Waals surface area (Å²) in [6.07, 6.45) is 0. The number of anilines is 1. The fourth-order valence-corrected chi connectivity index (χ4v) is 2.74. The zero-order valence-corrected chi connectivity index (χ0v) is 12.6. The zero-order chi connectivity index (χ0) is 15.8. The number of amides is 1. The van der Waals surface area contributed by atoms with Crippen molar-refractivity contribution in [3.63, 3.8) is 0 Å². The van der Waals surface area contributed by atoms with E-state index in [1.807, 2.05) is 43.3 Å². The molecule has 0 unspecified atom stereocenters. The molecule has 0 fully saturated rings. The van der Waals surface area contributed by atoms with Gasteiger partial charge in [-0.3, -0.25) is 4.79 Å². The first kappa shape index (κ1) is 13.7. The molecule has 3 aromatic rings. The number of furan rings is 1. The highest BCUT2D eigenvalue weighted by atomic mass is 16.6. The lowest BCUT2D eigenvalue weighted by Crippen LogP contribution is -2.18. The van der Waals surface area contributed by atoms with Crippen molar-refractivity contribution in [2.75, 3.05) is 18.5 Å². The predicted molar refractivity (Wildman–Crippen MR) is 86.3 cm³/mol. The highest BCUT2D eigenvalue weighted by molar-refractivity contribution is 6.07. The highest BCUT2D eigenvalue weighted by Crippen LogP contribution is 2.37. The van der Waals surface area contributed by atoms with E-state index in [0.717, 1.165) is 10.9 Å². The van der Waals surface area contributed by atoms with Gasteiger partial charge in [-0.05, 0) is 25.1 Å². The largest absolute Gasteiger partial charge is 0.486 e. The summed E-state index contributed by atoms with van der Waals surface area (Å²) < 4.78 is 16.8. The van der Waals surface area contributed by atoms with Gasteiger partial charge in [0, 0.05) is 10.9 Å². The summed E-state index contributed by atoms with van der Waals surface area (Å²) in [5.74, 6) is 1.19. The smallest absolute Gasteiger partial charge is 0.291 e. The fourth-order valence-electron chi connectivity index (χ4n) is 2.74. The SMILES string of the molecule is Cc1c(C(=O)Nc2cccc3c2OCCO3)oc2ccccc12. The average molecular weight is 309 g/mol. The van der Waals surface area contributed by atoms with E-state index in [4.69, 9.17) is 13.9 Å². The van der Waals surface area contributed by atoms with Crippen LogP contribution < -0.4 is 14.8 Å². The van der Waals surface area contributed by atoms with Crippen LogP contribution in [0.4, 0.5) is 5.69 Å². The van der Waals surface area contributed by atoms with Crippen molar-refractivity contribution in [2.24, 2.45) is 0 Å². The van der Waals surface area contributed by atoms with Gasteiger partial charge in [0.25, 0.3) is 5.91 Å². The minimum Gasteiger partial charge on any atom is -0.486 e. The first-order valence-electron chi connectivity index (χ1n) is 7.42. The van der Waals surface area contributed by atoms with Crippen molar-refractivity contribution in [3.05, 3.63) is 53.8 Å². The molecule has 0 saturated carbocycles. The van der Waals surface area contributed by atoms with Gasteiger partial charge in [-0.25, -0.2) is 0 Å². The number of para-hydroxylation sites is 2. The maximum absolute atomic E-state index is 12.6. The van der Waals surface area contributed by atoms with Crippen LogP contribution in [0.1, 0.15) is 16.1 Å². The molecule has 116 valence electrons. The molecule has 1 aromatic heterocycles. The standard InChI is InChI=1S/C18H15NO4/c1-11-12-5-2-3-7-14(12)23-16(11)18(20)19-13-6-4-8-15-17(13)22-10-9-21-15/h2-8H,9-10H2,1H3,(H,19,20). The lowest BCUT2D eigenvalue weighted by molar-refractivity contribution is 0.0996. The molecule has 1 aliphatic heterocycles. The minimum absolute atomic E-state index is 0.304. The number of nitrogens with one attached hydrogen (secondary N) is 1. The van der Waals surface area contributed by atoms with Crippen LogP contribution in [0.25, 0.3) is 11.0 Å². The Morgan fingerprint density at radius 2 is 1.87 bits per heavy atom. The highest BCUT2D eigenvalue weighted by Gasteiger charge is 2.21. The molecule has 0 radical (unpaired) electrons. The normalized spacial score (nSPS) is 13.1. The quantitative estimate of drug-likeness (QED) is 0.783. The van der Waals surface area contributed by atoms with Gasteiger partial charge in [0.2, 0.25) is 0 Å². The molecule has 2 heterocycles. The Kier molecular flexibility index (Phi) is 3.19. The molecule has 0 spiro atoms. The molecule has 1 N–H and O–H groups in total. The summed E-state index contributed by atoms with van der Waals surface area (Å²) >= 11 is 0.